The van der Waals surface area contributed by atoms with Crippen LogP contribution >= 0.6 is 0 Å². The summed E-state index contributed by atoms with van der Waals surface area (Å²) >= 11 is 0. The fraction of sp³-hybridized carbons (Fsp3) is 0.333. The first-order valence-corrected chi connectivity index (χ1v) is 8.68. The molecular weight excluding hydrogens is 314 g/mol. The quantitative estimate of drug-likeness (QED) is 0.740. The van der Waals surface area contributed by atoms with E-state index < -0.39 is 10.0 Å². The molecule has 2 N–H and O–H groups in total. The summed E-state index contributed by atoms with van der Waals surface area (Å²) in [5.74, 6) is 1.28. The van der Waals surface area contributed by atoms with Crippen LogP contribution in [0.1, 0.15) is 5.69 Å². The van der Waals surface area contributed by atoms with Crippen LogP contribution in [0.25, 0.3) is 0 Å². The SMILES string of the molecule is Cc1cc(N(C)C)nc(NCCNS(=O)(=O)c2ccccc2)n1. The van der Waals surface area contributed by atoms with Crippen molar-refractivity contribution in [1.29, 1.82) is 0 Å². The number of aryl methyl sites for hydroxylation is 1. The lowest BCUT2D eigenvalue weighted by atomic mass is 10.4. The molecule has 0 unspecified atom stereocenters. The molecule has 2 aromatic rings. The third kappa shape index (κ3) is 4.90. The summed E-state index contributed by atoms with van der Waals surface area (Å²) in [4.78, 5) is 10.8. The summed E-state index contributed by atoms with van der Waals surface area (Å²) in [5, 5.41) is 3.03. The smallest absolute Gasteiger partial charge is 0.240 e. The van der Waals surface area contributed by atoms with Crippen molar-refractivity contribution >= 4 is 21.8 Å². The third-order valence-electron chi connectivity index (χ3n) is 3.05. The topological polar surface area (TPSA) is 87.2 Å². The second-order valence-corrected chi connectivity index (χ2v) is 6.99. The van der Waals surface area contributed by atoms with Gasteiger partial charge in [-0.15, -0.1) is 0 Å². The molecular formula is C15H21N5O2S. The van der Waals surface area contributed by atoms with E-state index in [1.807, 2.05) is 32.0 Å². The van der Waals surface area contributed by atoms with Gasteiger partial charge in [0, 0.05) is 38.9 Å². The Hall–Kier alpha value is -2.19. The number of aromatic nitrogens is 2. The van der Waals surface area contributed by atoms with Gasteiger partial charge in [-0.25, -0.2) is 18.1 Å². The monoisotopic (exact) mass is 335 g/mol. The number of nitrogens with zero attached hydrogens (tertiary/aromatic N) is 3. The maximum Gasteiger partial charge on any atom is 0.240 e. The minimum atomic E-state index is -3.48. The van der Waals surface area contributed by atoms with Gasteiger partial charge >= 0.3 is 0 Å². The largest absolute Gasteiger partial charge is 0.363 e. The van der Waals surface area contributed by atoms with E-state index in [1.165, 1.54) is 0 Å². The van der Waals surface area contributed by atoms with Crippen LogP contribution in [0.5, 0.6) is 0 Å². The van der Waals surface area contributed by atoms with Gasteiger partial charge in [-0.3, -0.25) is 0 Å². The molecule has 0 amide bonds. The number of benzene rings is 1. The molecule has 0 saturated carbocycles. The van der Waals surface area contributed by atoms with Crippen LogP contribution in [-0.4, -0.2) is 45.6 Å². The first-order valence-electron chi connectivity index (χ1n) is 7.20. The molecule has 124 valence electrons. The van der Waals surface area contributed by atoms with Gasteiger partial charge in [-0.1, -0.05) is 18.2 Å². The summed E-state index contributed by atoms with van der Waals surface area (Å²) < 4.78 is 26.7. The van der Waals surface area contributed by atoms with E-state index in [9.17, 15) is 8.42 Å². The summed E-state index contributed by atoms with van der Waals surface area (Å²) in [5.41, 5.74) is 0.844. The van der Waals surface area contributed by atoms with Gasteiger partial charge in [0.25, 0.3) is 0 Å². The normalized spacial score (nSPS) is 11.3. The van der Waals surface area contributed by atoms with Crippen molar-refractivity contribution in [3.8, 4) is 0 Å². The van der Waals surface area contributed by atoms with Crippen molar-refractivity contribution in [2.75, 3.05) is 37.4 Å². The number of sulfonamides is 1. The maximum absolute atomic E-state index is 12.1. The van der Waals surface area contributed by atoms with Crippen molar-refractivity contribution in [2.24, 2.45) is 0 Å². The minimum Gasteiger partial charge on any atom is -0.363 e. The zero-order valence-corrected chi connectivity index (χ0v) is 14.3. The predicted molar refractivity (Wildman–Crippen MR) is 91.2 cm³/mol. The summed E-state index contributed by atoms with van der Waals surface area (Å²) in [6.07, 6.45) is 0. The molecule has 0 aliphatic heterocycles. The number of hydrogen-bond donors (Lipinski definition) is 2. The fourth-order valence-corrected chi connectivity index (χ4v) is 2.96. The molecule has 0 bridgehead atoms. The minimum absolute atomic E-state index is 0.242. The lowest BCUT2D eigenvalue weighted by molar-refractivity contribution is 0.583. The molecule has 7 nitrogen and oxygen atoms in total. The Morgan fingerprint density at radius 1 is 1.09 bits per heavy atom. The Balaban J connectivity index is 1.91. The standard InChI is InChI=1S/C15H21N5O2S/c1-12-11-14(20(2)3)19-15(18-12)16-9-10-17-23(21,22)13-7-5-4-6-8-13/h4-8,11,17H,9-10H2,1-3H3,(H,16,18,19). The van der Waals surface area contributed by atoms with E-state index >= 15 is 0 Å². The number of anilines is 2. The van der Waals surface area contributed by atoms with Crippen molar-refractivity contribution in [2.45, 2.75) is 11.8 Å². The van der Waals surface area contributed by atoms with E-state index in [0.29, 0.717) is 12.5 Å². The number of nitrogens with one attached hydrogen (secondary N) is 2. The molecule has 0 spiro atoms. The molecule has 2 rings (SSSR count). The molecule has 0 radical (unpaired) electrons. The van der Waals surface area contributed by atoms with Crippen LogP contribution in [0.2, 0.25) is 0 Å². The fourth-order valence-electron chi connectivity index (χ4n) is 1.90. The molecule has 8 heteroatoms. The highest BCUT2D eigenvalue weighted by atomic mass is 32.2. The van der Waals surface area contributed by atoms with Crippen LogP contribution < -0.4 is 14.9 Å². The van der Waals surface area contributed by atoms with E-state index in [2.05, 4.69) is 20.0 Å². The van der Waals surface area contributed by atoms with Gasteiger partial charge in [0.2, 0.25) is 16.0 Å². The van der Waals surface area contributed by atoms with Crippen molar-refractivity contribution in [1.82, 2.24) is 14.7 Å². The van der Waals surface area contributed by atoms with Crippen molar-refractivity contribution in [3.63, 3.8) is 0 Å². The van der Waals surface area contributed by atoms with Crippen LogP contribution in [0.4, 0.5) is 11.8 Å². The van der Waals surface area contributed by atoms with Gasteiger partial charge in [0.1, 0.15) is 5.82 Å². The number of hydrogen-bond acceptors (Lipinski definition) is 6. The highest BCUT2D eigenvalue weighted by Crippen LogP contribution is 2.11. The Morgan fingerprint density at radius 2 is 1.78 bits per heavy atom. The summed E-state index contributed by atoms with van der Waals surface area (Å²) in [6.45, 7) is 2.52. The van der Waals surface area contributed by atoms with E-state index in [4.69, 9.17) is 0 Å². The zero-order valence-electron chi connectivity index (χ0n) is 13.4. The van der Waals surface area contributed by atoms with E-state index in [0.717, 1.165) is 11.5 Å². The molecule has 23 heavy (non-hydrogen) atoms. The molecule has 1 heterocycles. The molecule has 0 fully saturated rings. The van der Waals surface area contributed by atoms with E-state index in [-0.39, 0.29) is 11.4 Å². The highest BCUT2D eigenvalue weighted by molar-refractivity contribution is 7.89. The second-order valence-electron chi connectivity index (χ2n) is 5.22. The zero-order chi connectivity index (χ0) is 16.9. The van der Waals surface area contributed by atoms with Crippen LogP contribution in [-0.2, 0) is 10.0 Å². The third-order valence-corrected chi connectivity index (χ3v) is 4.53. The molecule has 0 atom stereocenters. The Kier molecular flexibility index (Phi) is 5.51. The lowest BCUT2D eigenvalue weighted by Crippen LogP contribution is -2.29. The first-order chi connectivity index (χ1) is 10.9. The average molecular weight is 335 g/mol. The Labute approximate surface area is 136 Å². The highest BCUT2D eigenvalue weighted by Gasteiger charge is 2.12. The first kappa shape index (κ1) is 17.2. The maximum atomic E-state index is 12.1. The average Bonchev–Trinajstić information content (AvgIpc) is 2.52. The Morgan fingerprint density at radius 3 is 2.43 bits per heavy atom. The molecule has 1 aromatic heterocycles. The summed E-state index contributed by atoms with van der Waals surface area (Å²) in [7, 11) is 0.321. The van der Waals surface area contributed by atoms with Gasteiger partial charge < -0.3 is 10.2 Å². The van der Waals surface area contributed by atoms with Crippen molar-refractivity contribution < 1.29 is 8.42 Å². The van der Waals surface area contributed by atoms with Crippen LogP contribution in [0.3, 0.4) is 0 Å². The van der Waals surface area contributed by atoms with Gasteiger partial charge in [-0.2, -0.15) is 4.98 Å². The predicted octanol–water partition coefficient (Wildman–Crippen LogP) is 1.24. The lowest BCUT2D eigenvalue weighted by Gasteiger charge is -2.14. The van der Waals surface area contributed by atoms with Crippen molar-refractivity contribution in [3.05, 3.63) is 42.1 Å². The molecule has 0 aliphatic rings. The Bertz CT molecular complexity index is 748. The van der Waals surface area contributed by atoms with E-state index in [1.54, 1.807) is 30.3 Å². The van der Waals surface area contributed by atoms with Gasteiger partial charge in [0.05, 0.1) is 4.90 Å². The number of rotatable bonds is 7. The molecule has 0 saturated heterocycles. The van der Waals surface area contributed by atoms with Crippen LogP contribution in [0, 0.1) is 6.92 Å². The van der Waals surface area contributed by atoms with Gasteiger partial charge in [0.15, 0.2) is 0 Å². The molecule has 0 aliphatic carbocycles. The summed E-state index contributed by atoms with van der Waals surface area (Å²) in [6, 6.07) is 10.2. The van der Waals surface area contributed by atoms with Crippen LogP contribution in [0.15, 0.2) is 41.3 Å². The second kappa shape index (κ2) is 7.38. The van der Waals surface area contributed by atoms with Gasteiger partial charge in [-0.05, 0) is 19.1 Å². The molecule has 1 aromatic carbocycles.